The molecule has 2 aliphatic rings. The number of phenols is 1. The van der Waals surface area contributed by atoms with Crippen molar-refractivity contribution in [1.82, 2.24) is 0 Å². The summed E-state index contributed by atoms with van der Waals surface area (Å²) in [5, 5.41) is 12.7. The Morgan fingerprint density at radius 2 is 1.87 bits per heavy atom. The first kappa shape index (κ1) is 19.0. The van der Waals surface area contributed by atoms with Gasteiger partial charge in [0.2, 0.25) is 0 Å². The van der Waals surface area contributed by atoms with E-state index in [9.17, 15) is 9.90 Å². The first-order valence-electron chi connectivity index (χ1n) is 10.7. The summed E-state index contributed by atoms with van der Waals surface area (Å²) in [5.41, 5.74) is 3.97. The summed E-state index contributed by atoms with van der Waals surface area (Å²) in [5.74, 6) is 2.54. The zero-order chi connectivity index (χ0) is 21.0. The Bertz CT molecular complexity index is 1160. The van der Waals surface area contributed by atoms with Crippen LogP contribution < -0.4 is 9.47 Å². The number of phenolic OH excluding ortho intramolecular Hbond substituents is 1. The molecule has 30 heavy (non-hydrogen) atoms. The van der Waals surface area contributed by atoms with E-state index in [0.29, 0.717) is 35.0 Å². The maximum Gasteiger partial charge on any atom is 0.519 e. The Kier molecular flexibility index (Phi) is 4.46. The fourth-order valence-corrected chi connectivity index (χ4v) is 5.39. The van der Waals surface area contributed by atoms with E-state index < -0.39 is 6.16 Å². The molecule has 0 heterocycles. The van der Waals surface area contributed by atoms with Gasteiger partial charge in [0.1, 0.15) is 17.2 Å². The minimum atomic E-state index is -0.740. The topological polar surface area (TPSA) is 55.8 Å². The largest absolute Gasteiger partial charge is 0.519 e. The van der Waals surface area contributed by atoms with Gasteiger partial charge in [0.05, 0.1) is 0 Å². The van der Waals surface area contributed by atoms with Gasteiger partial charge in [-0.1, -0.05) is 44.2 Å². The number of hydrogen-bond acceptors (Lipinski definition) is 4. The van der Waals surface area contributed by atoms with Gasteiger partial charge in [-0.05, 0) is 67.2 Å². The Morgan fingerprint density at radius 1 is 1.07 bits per heavy atom. The van der Waals surface area contributed by atoms with E-state index in [1.807, 2.05) is 43.3 Å². The van der Waals surface area contributed by atoms with Gasteiger partial charge in [-0.15, -0.1) is 0 Å². The predicted octanol–water partition coefficient (Wildman–Crippen LogP) is 6.60. The first-order chi connectivity index (χ1) is 14.5. The number of fused-ring (bicyclic) bond motifs is 6. The van der Waals surface area contributed by atoms with Gasteiger partial charge >= 0.3 is 6.16 Å². The van der Waals surface area contributed by atoms with E-state index in [1.54, 1.807) is 6.07 Å². The van der Waals surface area contributed by atoms with Crippen LogP contribution in [0.25, 0.3) is 10.8 Å². The predicted molar refractivity (Wildman–Crippen MR) is 117 cm³/mol. The second-order valence-electron chi connectivity index (χ2n) is 8.71. The van der Waals surface area contributed by atoms with Crippen molar-refractivity contribution in [2.24, 2.45) is 5.92 Å². The van der Waals surface area contributed by atoms with Gasteiger partial charge in [-0.2, -0.15) is 0 Å². The van der Waals surface area contributed by atoms with Crippen molar-refractivity contribution < 1.29 is 19.4 Å². The van der Waals surface area contributed by atoms with Crippen LogP contribution in [0, 0.1) is 12.8 Å². The maximum atomic E-state index is 12.8. The third-order valence-corrected chi connectivity index (χ3v) is 6.91. The van der Waals surface area contributed by atoms with Crippen LogP contribution in [0.5, 0.6) is 17.2 Å². The molecule has 4 nitrogen and oxygen atoms in total. The van der Waals surface area contributed by atoms with Crippen molar-refractivity contribution in [2.75, 3.05) is 0 Å². The molecule has 0 aromatic heterocycles. The van der Waals surface area contributed by atoms with Crippen molar-refractivity contribution in [3.63, 3.8) is 0 Å². The van der Waals surface area contributed by atoms with Crippen LogP contribution in [0.2, 0.25) is 0 Å². The molecular formula is C26H26O4. The zero-order valence-electron chi connectivity index (χ0n) is 17.6. The van der Waals surface area contributed by atoms with Crippen molar-refractivity contribution >= 4 is 16.9 Å². The lowest BCUT2D eigenvalue weighted by Crippen LogP contribution is -2.17. The number of aromatic hydroxyl groups is 1. The van der Waals surface area contributed by atoms with Gasteiger partial charge in [0.25, 0.3) is 0 Å². The number of carbonyl (C=O) groups is 1. The van der Waals surface area contributed by atoms with Crippen molar-refractivity contribution in [3.8, 4) is 17.2 Å². The average molecular weight is 402 g/mol. The first-order valence-corrected chi connectivity index (χ1v) is 10.7. The Labute approximate surface area is 176 Å². The van der Waals surface area contributed by atoms with Crippen LogP contribution in [-0.4, -0.2) is 11.3 Å². The molecule has 0 radical (unpaired) electrons. The lowest BCUT2D eigenvalue weighted by atomic mass is 9.81. The Hall–Kier alpha value is -3.01. The number of aryl methyl sites for hydroxylation is 2. The van der Waals surface area contributed by atoms with Crippen LogP contribution in [0.3, 0.4) is 0 Å². The average Bonchev–Trinajstić information content (AvgIpc) is 3.30. The molecular weight excluding hydrogens is 376 g/mol. The molecule has 3 aromatic rings. The second-order valence-corrected chi connectivity index (χ2v) is 8.71. The highest BCUT2D eigenvalue weighted by molar-refractivity contribution is 5.98. The highest BCUT2D eigenvalue weighted by atomic mass is 16.7. The summed E-state index contributed by atoms with van der Waals surface area (Å²) in [6.07, 6.45) is 2.18. The summed E-state index contributed by atoms with van der Waals surface area (Å²) in [7, 11) is 0. The van der Waals surface area contributed by atoms with Crippen LogP contribution in [0.4, 0.5) is 4.79 Å². The summed E-state index contributed by atoms with van der Waals surface area (Å²) in [6.45, 7) is 6.22. The van der Waals surface area contributed by atoms with Gasteiger partial charge < -0.3 is 14.6 Å². The molecule has 3 unspecified atom stereocenters. The summed E-state index contributed by atoms with van der Waals surface area (Å²) in [4.78, 5) is 12.8. The molecule has 154 valence electrons. The number of rotatable bonds is 3. The maximum absolute atomic E-state index is 12.8. The summed E-state index contributed by atoms with van der Waals surface area (Å²) >= 11 is 0. The molecule has 4 heteroatoms. The molecule has 1 N–H and O–H groups in total. The monoisotopic (exact) mass is 402 g/mol. The standard InChI is InChI=1S/C26H26O4/c1-4-16-9-10-18-20(12-16)25(30-26(28)29-21-8-6-5-7-14(21)2)22-17-11-15(3)19(13-17)23(22)24(18)27/h5-10,12,15,17,19,27H,4,11,13H2,1-3H3. The number of para-hydroxylation sites is 1. The highest BCUT2D eigenvalue weighted by Crippen LogP contribution is 2.62. The van der Waals surface area contributed by atoms with Gasteiger partial charge in [-0.3, -0.25) is 0 Å². The smallest absolute Gasteiger partial charge is 0.507 e. The van der Waals surface area contributed by atoms with Crippen LogP contribution in [0.1, 0.15) is 60.8 Å². The third-order valence-electron chi connectivity index (χ3n) is 6.91. The molecule has 3 atom stereocenters. The lowest BCUT2D eigenvalue weighted by Gasteiger charge is -2.26. The van der Waals surface area contributed by atoms with E-state index in [1.165, 1.54) is 0 Å². The van der Waals surface area contributed by atoms with Gasteiger partial charge in [0, 0.05) is 21.9 Å². The highest BCUT2D eigenvalue weighted by Gasteiger charge is 2.46. The molecule has 0 aliphatic heterocycles. The minimum Gasteiger partial charge on any atom is -0.507 e. The Morgan fingerprint density at radius 3 is 2.63 bits per heavy atom. The third kappa shape index (κ3) is 2.85. The van der Waals surface area contributed by atoms with Crippen LogP contribution in [0.15, 0.2) is 42.5 Å². The van der Waals surface area contributed by atoms with Crippen molar-refractivity contribution in [3.05, 3.63) is 64.7 Å². The van der Waals surface area contributed by atoms with E-state index in [0.717, 1.165) is 52.3 Å². The number of ether oxygens (including phenoxy) is 2. The van der Waals surface area contributed by atoms with Gasteiger partial charge in [-0.25, -0.2) is 4.79 Å². The molecule has 3 aromatic carbocycles. The lowest BCUT2D eigenvalue weighted by molar-refractivity contribution is 0.151. The molecule has 5 rings (SSSR count). The van der Waals surface area contributed by atoms with E-state index >= 15 is 0 Å². The number of benzene rings is 3. The molecule has 0 spiro atoms. The second kappa shape index (κ2) is 7.05. The Balaban J connectivity index is 1.63. The molecule has 2 bridgehead atoms. The normalized spacial score (nSPS) is 21.6. The molecule has 0 saturated heterocycles. The zero-order valence-corrected chi connectivity index (χ0v) is 17.6. The summed E-state index contributed by atoms with van der Waals surface area (Å²) in [6, 6.07) is 13.4. The molecule has 0 amide bonds. The number of carbonyl (C=O) groups excluding carboxylic acids is 1. The van der Waals surface area contributed by atoms with E-state index in [2.05, 4.69) is 13.8 Å². The molecule has 1 fully saturated rings. The summed E-state index contributed by atoms with van der Waals surface area (Å²) < 4.78 is 11.4. The van der Waals surface area contributed by atoms with Crippen LogP contribution >= 0.6 is 0 Å². The molecule has 2 aliphatic carbocycles. The van der Waals surface area contributed by atoms with Crippen molar-refractivity contribution in [1.29, 1.82) is 0 Å². The van der Waals surface area contributed by atoms with Crippen molar-refractivity contribution in [2.45, 2.75) is 51.9 Å². The SMILES string of the molecule is CCc1ccc2c(O)c3c(c(OC(=O)Oc4ccccc4C)c2c1)C1CC(C)C3C1. The minimum absolute atomic E-state index is 0.307. The fraction of sp³-hybridized carbons (Fsp3) is 0.346. The van der Waals surface area contributed by atoms with Crippen LogP contribution in [-0.2, 0) is 6.42 Å². The fourth-order valence-electron chi connectivity index (χ4n) is 5.39. The van der Waals surface area contributed by atoms with E-state index in [4.69, 9.17) is 9.47 Å². The van der Waals surface area contributed by atoms with Gasteiger partial charge in [0.15, 0.2) is 0 Å². The van der Waals surface area contributed by atoms with E-state index in [-0.39, 0.29) is 0 Å². The molecule has 1 saturated carbocycles. The number of hydrogen-bond donors (Lipinski definition) is 1. The quantitative estimate of drug-likeness (QED) is 0.396.